The minimum absolute atomic E-state index is 0.0439. The number of hydrogen-bond donors (Lipinski definition) is 2. The van der Waals surface area contributed by atoms with E-state index in [1.807, 2.05) is 6.07 Å². The lowest BCUT2D eigenvalue weighted by Gasteiger charge is -2.30. The minimum atomic E-state index is -4.14. The molecule has 1 aliphatic carbocycles. The van der Waals surface area contributed by atoms with E-state index >= 15 is 0 Å². The maximum Gasteiger partial charge on any atom is 0.295 e. The molecule has 10 heteroatoms. The summed E-state index contributed by atoms with van der Waals surface area (Å²) >= 11 is 0. The van der Waals surface area contributed by atoms with E-state index in [2.05, 4.69) is 15.5 Å². The Morgan fingerprint density at radius 1 is 0.837 bits per heavy atom. The van der Waals surface area contributed by atoms with Crippen LogP contribution >= 0.6 is 0 Å². The van der Waals surface area contributed by atoms with Gasteiger partial charge in [-0.15, -0.1) is 0 Å². The first-order chi connectivity index (χ1) is 20.9. The van der Waals surface area contributed by atoms with Crippen LogP contribution in [0.2, 0.25) is 0 Å². The van der Waals surface area contributed by atoms with E-state index in [-0.39, 0.29) is 29.0 Å². The molecule has 2 N–H and O–H groups in total. The minimum Gasteiger partial charge on any atom is -0.364 e. The Kier molecular flexibility index (Phi) is 10.3. The number of hydrogen-bond acceptors (Lipinski definition) is 6. The third kappa shape index (κ3) is 8.36. The molecular weight excluding hydrogens is 564 g/mol. The zero-order chi connectivity index (χ0) is 30.1. The number of nitrogens with one attached hydrogen (secondary N) is 2. The molecule has 1 heterocycles. The summed E-state index contributed by atoms with van der Waals surface area (Å²) in [6.45, 7) is 3.52. The molecule has 43 heavy (non-hydrogen) atoms. The highest BCUT2D eigenvalue weighted by atomic mass is 32.2. The van der Waals surface area contributed by atoms with E-state index in [1.54, 1.807) is 54.6 Å². The van der Waals surface area contributed by atoms with E-state index in [0.717, 1.165) is 36.1 Å². The van der Waals surface area contributed by atoms with Crippen molar-refractivity contribution in [2.75, 3.05) is 30.6 Å². The normalized spacial score (nSPS) is 19.0. The molecule has 9 nitrogen and oxygen atoms in total. The van der Waals surface area contributed by atoms with Crippen LogP contribution in [0.5, 0.6) is 5.75 Å². The molecule has 228 valence electrons. The number of carbonyl (C=O) groups is 2. The van der Waals surface area contributed by atoms with Crippen LogP contribution in [0.4, 0.5) is 5.69 Å². The van der Waals surface area contributed by atoms with Crippen LogP contribution in [0, 0.1) is 5.92 Å². The summed E-state index contributed by atoms with van der Waals surface area (Å²) in [6, 6.07) is 22.8. The van der Waals surface area contributed by atoms with Gasteiger partial charge in [0.1, 0.15) is 0 Å². The quantitative estimate of drug-likeness (QED) is 0.289. The number of rotatable bonds is 12. The molecule has 0 aromatic heterocycles. The van der Waals surface area contributed by atoms with Crippen molar-refractivity contribution in [2.24, 2.45) is 5.92 Å². The lowest BCUT2D eigenvalue weighted by Crippen LogP contribution is -2.43. The van der Waals surface area contributed by atoms with Gasteiger partial charge in [0.25, 0.3) is 15.9 Å². The molecule has 5 rings (SSSR count). The maximum atomic E-state index is 13.6. The number of nitrogens with zero attached hydrogens (tertiary/aromatic N) is 2. The average Bonchev–Trinajstić information content (AvgIpc) is 3.57. The zero-order valence-corrected chi connectivity index (χ0v) is 25.2. The first-order valence-corrected chi connectivity index (χ1v) is 16.6. The van der Waals surface area contributed by atoms with E-state index in [1.165, 1.54) is 63.2 Å². The standard InChI is InChI=1S/C33H40N4O5S/c38-32(35-28-17-13-26(14-18-28)21-24-36-22-7-8-23-36)25-34-33(39)27-15-19-31(20-16-27)43(40,41)37(29-9-3-1-4-10-29)42-30-11-5-2-6-12-30/h1-6,9-12,15-16,19-20,26,28H,7-8,13-14,17-18,21-25H2,(H,34,39)(H,35,38). The second-order valence-electron chi connectivity index (χ2n) is 11.3. The number of carbonyl (C=O) groups excluding carboxylic acids is 2. The molecule has 0 radical (unpaired) electrons. The fourth-order valence-electron chi connectivity index (χ4n) is 5.75. The number of anilines is 1. The Bertz CT molecular complexity index is 1440. The van der Waals surface area contributed by atoms with Crippen molar-refractivity contribution >= 4 is 27.5 Å². The van der Waals surface area contributed by atoms with Crippen molar-refractivity contribution in [3.05, 3.63) is 90.5 Å². The van der Waals surface area contributed by atoms with Gasteiger partial charge < -0.3 is 20.4 Å². The van der Waals surface area contributed by atoms with Crippen molar-refractivity contribution in [1.82, 2.24) is 15.5 Å². The Labute approximate surface area is 254 Å². The summed E-state index contributed by atoms with van der Waals surface area (Å²) < 4.78 is 28.0. The second kappa shape index (κ2) is 14.5. The number of sulfonamides is 1. The lowest BCUT2D eigenvalue weighted by molar-refractivity contribution is -0.121. The fraction of sp³-hybridized carbons (Fsp3) is 0.394. The predicted molar refractivity (Wildman–Crippen MR) is 166 cm³/mol. The Morgan fingerprint density at radius 3 is 2.12 bits per heavy atom. The van der Waals surface area contributed by atoms with Gasteiger partial charge in [0.15, 0.2) is 5.75 Å². The summed E-state index contributed by atoms with van der Waals surface area (Å²) in [5.74, 6) is 0.412. The maximum absolute atomic E-state index is 13.6. The fourth-order valence-corrected chi connectivity index (χ4v) is 7.00. The van der Waals surface area contributed by atoms with Crippen molar-refractivity contribution in [1.29, 1.82) is 0 Å². The van der Waals surface area contributed by atoms with E-state index in [0.29, 0.717) is 11.4 Å². The number of para-hydroxylation sites is 2. The second-order valence-corrected chi connectivity index (χ2v) is 13.1. The topological polar surface area (TPSA) is 108 Å². The zero-order valence-electron chi connectivity index (χ0n) is 24.4. The number of likely N-dealkylation sites (tertiary alicyclic amines) is 1. The van der Waals surface area contributed by atoms with Crippen LogP contribution < -0.4 is 19.9 Å². The van der Waals surface area contributed by atoms with Crippen LogP contribution in [-0.4, -0.2) is 57.4 Å². The van der Waals surface area contributed by atoms with Crippen LogP contribution in [0.1, 0.15) is 55.3 Å². The highest BCUT2D eigenvalue weighted by molar-refractivity contribution is 7.92. The third-order valence-corrected chi connectivity index (χ3v) is 9.79. The summed E-state index contributed by atoms with van der Waals surface area (Å²) in [4.78, 5) is 33.6. The van der Waals surface area contributed by atoms with Crippen LogP contribution in [-0.2, 0) is 14.8 Å². The molecule has 2 amide bonds. The van der Waals surface area contributed by atoms with Gasteiger partial charge in [-0.05, 0) is 119 Å². The van der Waals surface area contributed by atoms with Crippen molar-refractivity contribution in [3.8, 4) is 5.75 Å². The predicted octanol–water partition coefficient (Wildman–Crippen LogP) is 4.77. The monoisotopic (exact) mass is 604 g/mol. The average molecular weight is 605 g/mol. The highest BCUT2D eigenvalue weighted by Crippen LogP contribution is 2.28. The highest BCUT2D eigenvalue weighted by Gasteiger charge is 2.28. The molecule has 3 aromatic carbocycles. The molecule has 0 bridgehead atoms. The Hall–Kier alpha value is -3.89. The van der Waals surface area contributed by atoms with Crippen molar-refractivity contribution in [2.45, 2.75) is 55.9 Å². The molecule has 0 spiro atoms. The van der Waals surface area contributed by atoms with Gasteiger partial charge in [0.2, 0.25) is 5.91 Å². The molecule has 3 aromatic rings. The number of amides is 2. The van der Waals surface area contributed by atoms with E-state index in [4.69, 9.17) is 4.84 Å². The largest absolute Gasteiger partial charge is 0.364 e. The van der Waals surface area contributed by atoms with Gasteiger partial charge >= 0.3 is 0 Å². The van der Waals surface area contributed by atoms with Gasteiger partial charge in [-0.2, -0.15) is 8.42 Å². The first kappa shape index (κ1) is 30.6. The van der Waals surface area contributed by atoms with E-state index < -0.39 is 15.9 Å². The summed E-state index contributed by atoms with van der Waals surface area (Å²) in [7, 11) is -4.14. The molecule has 2 fully saturated rings. The molecular formula is C33H40N4O5S. The van der Waals surface area contributed by atoms with E-state index in [9.17, 15) is 18.0 Å². The van der Waals surface area contributed by atoms with Gasteiger partial charge in [-0.3, -0.25) is 9.59 Å². The summed E-state index contributed by atoms with van der Waals surface area (Å²) in [5, 5.41) is 5.70. The Balaban J connectivity index is 1.11. The lowest BCUT2D eigenvalue weighted by atomic mass is 9.84. The van der Waals surface area contributed by atoms with Crippen LogP contribution in [0.15, 0.2) is 89.8 Å². The molecule has 1 aliphatic heterocycles. The van der Waals surface area contributed by atoms with Crippen LogP contribution in [0.3, 0.4) is 0 Å². The molecule has 2 aliphatic rings. The molecule has 0 unspecified atom stereocenters. The van der Waals surface area contributed by atoms with Gasteiger partial charge in [0, 0.05) is 11.6 Å². The summed E-state index contributed by atoms with van der Waals surface area (Å²) in [6.07, 6.45) is 8.06. The molecule has 0 atom stereocenters. The molecule has 1 saturated carbocycles. The van der Waals surface area contributed by atoms with Gasteiger partial charge in [-0.25, -0.2) is 0 Å². The van der Waals surface area contributed by atoms with Crippen LogP contribution in [0.25, 0.3) is 0 Å². The van der Waals surface area contributed by atoms with Gasteiger partial charge in [0.05, 0.1) is 17.1 Å². The SMILES string of the molecule is O=C(CNC(=O)c1ccc(S(=O)(=O)N(Oc2ccccc2)c2ccccc2)cc1)NC1CCC(CCN2CCCC2)CC1. The third-order valence-electron chi connectivity index (χ3n) is 8.20. The van der Waals surface area contributed by atoms with Crippen molar-refractivity contribution in [3.63, 3.8) is 0 Å². The summed E-state index contributed by atoms with van der Waals surface area (Å²) in [5.41, 5.74) is 0.579. The van der Waals surface area contributed by atoms with Crippen molar-refractivity contribution < 1.29 is 22.8 Å². The molecule has 1 saturated heterocycles. The smallest absolute Gasteiger partial charge is 0.295 e. The van der Waals surface area contributed by atoms with Gasteiger partial charge in [-0.1, -0.05) is 40.9 Å². The number of benzene rings is 3. The Morgan fingerprint density at radius 2 is 1.47 bits per heavy atom. The first-order valence-electron chi connectivity index (χ1n) is 15.1.